The fourth-order valence-electron chi connectivity index (χ4n) is 6.21. The largest absolute Gasteiger partial charge is 0.512 e. The number of nitrogens with zero attached hydrogens (tertiary/aromatic N) is 1. The number of pyridine rings is 1. The summed E-state index contributed by atoms with van der Waals surface area (Å²) in [4.78, 5) is 18.4. The van der Waals surface area contributed by atoms with Crippen LogP contribution in [0.3, 0.4) is 0 Å². The Kier molecular flexibility index (Phi) is 14.6. The van der Waals surface area contributed by atoms with E-state index in [9.17, 15) is 9.90 Å². The summed E-state index contributed by atoms with van der Waals surface area (Å²) in [6, 6.07) is 27.9. The molecule has 3 nitrogen and oxygen atoms in total. The van der Waals surface area contributed by atoms with Crippen molar-refractivity contribution in [1.29, 1.82) is 0 Å². The molecule has 2 aromatic heterocycles. The molecule has 1 N–H and O–H groups in total. The molecule has 0 spiro atoms. The Morgan fingerprint density at radius 1 is 0.843 bits per heavy atom. The predicted octanol–water partition coefficient (Wildman–Crippen LogP) is 13.7. The molecule has 0 fully saturated rings. The van der Waals surface area contributed by atoms with E-state index in [0.717, 1.165) is 48.7 Å². The molecule has 2 heterocycles. The molecule has 0 bridgehead atoms. The van der Waals surface area contributed by atoms with Gasteiger partial charge in [0.1, 0.15) is 5.76 Å². The van der Waals surface area contributed by atoms with Gasteiger partial charge in [0, 0.05) is 58.5 Å². The zero-order valence-electron chi connectivity index (χ0n) is 32.7. The summed E-state index contributed by atoms with van der Waals surface area (Å²) in [7, 11) is 0. The molecule has 5 heteroatoms. The number of aromatic nitrogens is 1. The Morgan fingerprint density at radius 2 is 1.47 bits per heavy atom. The number of fused-ring (bicyclic) bond motifs is 2. The number of thiophene rings is 1. The maximum Gasteiger partial charge on any atom is 0.164 e. The fraction of sp³-hybridized carbons (Fsp3) is 0.435. The number of allylic oxidation sites excluding steroid dienone is 2. The van der Waals surface area contributed by atoms with E-state index in [0.29, 0.717) is 5.92 Å². The maximum atomic E-state index is 12.2. The molecule has 0 unspecified atom stereocenters. The van der Waals surface area contributed by atoms with Gasteiger partial charge in [-0.1, -0.05) is 117 Å². The number of hydrogen-bond donors (Lipinski definition) is 1. The Hall–Kier alpha value is -3.11. The van der Waals surface area contributed by atoms with Gasteiger partial charge in [-0.3, -0.25) is 9.78 Å². The van der Waals surface area contributed by atoms with E-state index in [1.807, 2.05) is 59.1 Å². The number of ketones is 1. The Balaban J connectivity index is 0.000000335. The van der Waals surface area contributed by atoms with Crippen LogP contribution in [-0.4, -0.2) is 15.9 Å². The molecule has 0 amide bonds. The molecular formula is C46H58IrNO2S-. The number of rotatable bonds is 11. The number of carbonyl (C=O) groups is 1. The zero-order chi connectivity index (χ0) is 36.9. The minimum atomic E-state index is -0.337. The Morgan fingerprint density at radius 3 is 2.08 bits per heavy atom. The van der Waals surface area contributed by atoms with Crippen LogP contribution in [0, 0.1) is 22.8 Å². The molecule has 5 aromatic rings. The van der Waals surface area contributed by atoms with Crippen LogP contribution in [0.1, 0.15) is 112 Å². The van der Waals surface area contributed by atoms with Gasteiger partial charge < -0.3 is 5.11 Å². The first-order valence-corrected chi connectivity index (χ1v) is 19.3. The quantitative estimate of drug-likeness (QED) is 0.0817. The smallest absolute Gasteiger partial charge is 0.164 e. The zero-order valence-corrected chi connectivity index (χ0v) is 35.9. The van der Waals surface area contributed by atoms with Crippen molar-refractivity contribution in [2.75, 3.05) is 0 Å². The molecule has 0 saturated heterocycles. The first kappa shape index (κ1) is 42.3. The standard InChI is InChI=1S/C31H30NS.C15H28O2.Ir/c1-20(2)14-26-17-25-15-21(10-11-30(25)33-26)22-12-13-32-29(19-22)24-16-23-8-6-7-9-27(23)28(18-24)31(3,4)5;1-7-14(5,8-2)12(16)11-13(17)15(6,9-3)10-4;/h6-13,15,17-20H,14H2,1-5H3;11,16H,7-10H2,1-6H3;/q-1;;/b;12-11-;. The van der Waals surface area contributed by atoms with Crippen molar-refractivity contribution in [3.05, 3.63) is 101 Å². The van der Waals surface area contributed by atoms with Gasteiger partial charge in [-0.25, -0.2) is 0 Å². The van der Waals surface area contributed by atoms with Gasteiger partial charge in [0.25, 0.3) is 0 Å². The van der Waals surface area contributed by atoms with Crippen LogP contribution in [0.5, 0.6) is 0 Å². The van der Waals surface area contributed by atoms with Crippen molar-refractivity contribution in [2.45, 2.75) is 114 Å². The summed E-state index contributed by atoms with van der Waals surface area (Å²) in [5.74, 6) is 0.963. The van der Waals surface area contributed by atoms with Crippen LogP contribution < -0.4 is 0 Å². The molecule has 5 rings (SSSR count). The van der Waals surface area contributed by atoms with E-state index in [4.69, 9.17) is 4.98 Å². The van der Waals surface area contributed by atoms with Crippen molar-refractivity contribution >= 4 is 38.0 Å². The minimum absolute atomic E-state index is 0. The molecular weight excluding hydrogens is 823 g/mol. The van der Waals surface area contributed by atoms with E-state index in [1.54, 1.807) is 0 Å². The summed E-state index contributed by atoms with van der Waals surface area (Å²) >= 11 is 1.92. The van der Waals surface area contributed by atoms with Crippen molar-refractivity contribution < 1.29 is 30.0 Å². The third-order valence-corrected chi connectivity index (χ3v) is 11.9. The summed E-state index contributed by atoms with van der Waals surface area (Å²) in [6.07, 6.45) is 7.82. The van der Waals surface area contributed by atoms with Crippen LogP contribution in [0.15, 0.2) is 84.8 Å². The number of aliphatic hydroxyl groups excluding tert-OH is 1. The SMILES string of the molecule is CC(C)Cc1cc2cc(-c3ccnc(-c4[c-]c5ccccc5c(C(C)(C)C)c4)c3)ccc2s1.CCC(C)(CC)C(=O)/C=C(\O)C(C)(CC)CC.[Ir]. The third-order valence-electron chi connectivity index (χ3n) is 10.7. The maximum absolute atomic E-state index is 12.2. The first-order chi connectivity index (χ1) is 23.6. The topological polar surface area (TPSA) is 50.2 Å². The number of carbonyl (C=O) groups excluding carboxylic acids is 1. The second-order valence-corrected chi connectivity index (χ2v) is 17.0. The molecule has 0 aliphatic rings. The van der Waals surface area contributed by atoms with Gasteiger partial charge in [-0.05, 0) is 84.2 Å². The molecule has 0 saturated carbocycles. The molecule has 275 valence electrons. The molecule has 3 aromatic carbocycles. The summed E-state index contributed by atoms with van der Waals surface area (Å²) < 4.78 is 1.36. The van der Waals surface area contributed by atoms with E-state index in [-0.39, 0.29) is 47.9 Å². The van der Waals surface area contributed by atoms with E-state index < -0.39 is 0 Å². The first-order valence-electron chi connectivity index (χ1n) is 18.5. The summed E-state index contributed by atoms with van der Waals surface area (Å²) in [5.41, 5.74) is 5.21. The van der Waals surface area contributed by atoms with Crippen LogP contribution in [0.25, 0.3) is 43.2 Å². The Bertz CT molecular complexity index is 1950. The summed E-state index contributed by atoms with van der Waals surface area (Å²) in [5, 5.41) is 13.9. The van der Waals surface area contributed by atoms with E-state index in [2.05, 4.69) is 107 Å². The van der Waals surface area contributed by atoms with Gasteiger partial charge in [0.15, 0.2) is 5.78 Å². The normalized spacial score (nSPS) is 12.5. The average molecular weight is 881 g/mol. The molecule has 0 aliphatic carbocycles. The van der Waals surface area contributed by atoms with Crippen LogP contribution in [0.2, 0.25) is 0 Å². The number of aliphatic hydroxyl groups is 1. The Labute approximate surface area is 325 Å². The van der Waals surface area contributed by atoms with Crippen LogP contribution in [-0.2, 0) is 36.7 Å². The minimum Gasteiger partial charge on any atom is -0.512 e. The molecule has 1 radical (unpaired) electrons. The van der Waals surface area contributed by atoms with Crippen molar-refractivity contribution in [3.63, 3.8) is 0 Å². The van der Waals surface area contributed by atoms with Crippen LogP contribution in [0.4, 0.5) is 0 Å². The van der Waals surface area contributed by atoms with E-state index >= 15 is 0 Å². The van der Waals surface area contributed by atoms with Crippen molar-refractivity contribution in [3.8, 4) is 22.4 Å². The number of benzene rings is 3. The van der Waals surface area contributed by atoms with Gasteiger partial charge in [-0.2, -0.15) is 0 Å². The fourth-order valence-corrected chi connectivity index (χ4v) is 7.47. The monoisotopic (exact) mass is 881 g/mol. The van der Waals surface area contributed by atoms with Crippen molar-refractivity contribution in [2.24, 2.45) is 16.7 Å². The van der Waals surface area contributed by atoms with Gasteiger partial charge >= 0.3 is 0 Å². The molecule has 0 atom stereocenters. The number of hydrogen-bond acceptors (Lipinski definition) is 4. The molecule has 51 heavy (non-hydrogen) atoms. The molecule has 0 aliphatic heterocycles. The van der Waals surface area contributed by atoms with Gasteiger partial charge in [0.2, 0.25) is 0 Å². The second-order valence-electron chi connectivity index (χ2n) is 15.8. The second kappa shape index (κ2) is 17.6. The third kappa shape index (κ3) is 10.1. The summed E-state index contributed by atoms with van der Waals surface area (Å²) in [6.45, 7) is 23.5. The van der Waals surface area contributed by atoms with Gasteiger partial charge in [0.05, 0.1) is 0 Å². The average Bonchev–Trinajstić information content (AvgIpc) is 3.51. The van der Waals surface area contributed by atoms with Crippen LogP contribution >= 0.6 is 11.3 Å². The predicted molar refractivity (Wildman–Crippen MR) is 217 cm³/mol. The van der Waals surface area contributed by atoms with Gasteiger partial charge in [-0.15, -0.1) is 40.5 Å². The van der Waals surface area contributed by atoms with E-state index in [1.165, 1.54) is 43.1 Å². The van der Waals surface area contributed by atoms with Crippen molar-refractivity contribution in [1.82, 2.24) is 4.98 Å².